The fraction of sp³-hybridized carbons (Fsp3) is 0.400. The number of hydrogen-bond donors (Lipinski definition) is 2. The zero-order chi connectivity index (χ0) is 16.0. The van der Waals surface area contributed by atoms with Crippen LogP contribution in [0.3, 0.4) is 0 Å². The number of carbonyl (C=O) groups is 1. The minimum atomic E-state index is -3.55. The van der Waals surface area contributed by atoms with Gasteiger partial charge in [0.05, 0.1) is 4.90 Å². The van der Waals surface area contributed by atoms with Gasteiger partial charge in [0, 0.05) is 12.1 Å². The fourth-order valence-electron chi connectivity index (χ4n) is 1.71. The Morgan fingerprint density at radius 1 is 1.29 bits per heavy atom. The van der Waals surface area contributed by atoms with E-state index in [1.165, 1.54) is 18.2 Å². The summed E-state index contributed by atoms with van der Waals surface area (Å²) in [4.78, 5) is 10.6. The predicted octanol–water partition coefficient (Wildman–Crippen LogP) is 2.50. The Labute approximate surface area is 125 Å². The van der Waals surface area contributed by atoms with Crippen molar-refractivity contribution in [2.75, 3.05) is 0 Å². The molecule has 2 atom stereocenters. The molecule has 1 rings (SSSR count). The molecule has 6 heteroatoms. The molecule has 2 unspecified atom stereocenters. The molecular formula is C15H21NO4S. The van der Waals surface area contributed by atoms with Crippen LogP contribution in [0.1, 0.15) is 32.8 Å². The molecule has 0 spiro atoms. The van der Waals surface area contributed by atoms with Crippen LogP contribution >= 0.6 is 0 Å². The fourth-order valence-corrected chi connectivity index (χ4v) is 3.06. The van der Waals surface area contributed by atoms with Gasteiger partial charge in [0.25, 0.3) is 0 Å². The standard InChI is InChI=1S/C15H21NO4S/c1-4-11(2)12(3)16-21(19,20)14-8-5-13(6-9-14)7-10-15(17)18/h5-12,16H,4H2,1-3H3,(H,17,18). The third-order valence-corrected chi connectivity index (χ3v) is 5.02. The number of carboxylic acids is 1. The van der Waals surface area contributed by atoms with Crippen molar-refractivity contribution in [3.8, 4) is 0 Å². The maximum Gasteiger partial charge on any atom is 0.328 e. The first-order valence-electron chi connectivity index (χ1n) is 6.79. The Balaban J connectivity index is 2.87. The molecule has 0 aliphatic rings. The largest absolute Gasteiger partial charge is 0.478 e. The second kappa shape index (κ2) is 7.38. The summed E-state index contributed by atoms with van der Waals surface area (Å²) in [6.07, 6.45) is 3.31. The highest BCUT2D eigenvalue weighted by Gasteiger charge is 2.20. The number of sulfonamides is 1. The highest BCUT2D eigenvalue weighted by molar-refractivity contribution is 7.89. The van der Waals surface area contributed by atoms with Crippen LogP contribution in [-0.2, 0) is 14.8 Å². The lowest BCUT2D eigenvalue weighted by Crippen LogP contribution is -2.36. The van der Waals surface area contributed by atoms with Crippen molar-refractivity contribution in [2.24, 2.45) is 5.92 Å². The molecule has 2 N–H and O–H groups in total. The third-order valence-electron chi connectivity index (χ3n) is 3.45. The van der Waals surface area contributed by atoms with Crippen molar-refractivity contribution in [1.29, 1.82) is 0 Å². The van der Waals surface area contributed by atoms with Crippen LogP contribution in [0.2, 0.25) is 0 Å². The second-order valence-electron chi connectivity index (χ2n) is 5.04. The normalized spacial score (nSPS) is 15.0. The van der Waals surface area contributed by atoms with Gasteiger partial charge >= 0.3 is 5.97 Å². The smallest absolute Gasteiger partial charge is 0.328 e. The summed E-state index contributed by atoms with van der Waals surface area (Å²) in [7, 11) is -3.55. The average Bonchev–Trinajstić information content (AvgIpc) is 2.44. The molecule has 116 valence electrons. The molecule has 21 heavy (non-hydrogen) atoms. The number of benzene rings is 1. The van der Waals surface area contributed by atoms with Crippen LogP contribution in [-0.4, -0.2) is 25.5 Å². The molecule has 5 nitrogen and oxygen atoms in total. The molecule has 1 aromatic carbocycles. The van der Waals surface area contributed by atoms with Crippen molar-refractivity contribution >= 4 is 22.1 Å². The molecule has 0 heterocycles. The minimum absolute atomic E-state index is 0.147. The van der Waals surface area contributed by atoms with Gasteiger partial charge in [-0.2, -0.15) is 0 Å². The first-order valence-corrected chi connectivity index (χ1v) is 8.28. The van der Waals surface area contributed by atoms with E-state index in [1.807, 2.05) is 20.8 Å². The molecule has 0 aromatic heterocycles. The Hall–Kier alpha value is -1.66. The lowest BCUT2D eigenvalue weighted by Gasteiger charge is -2.19. The summed E-state index contributed by atoms with van der Waals surface area (Å²) < 4.78 is 27.1. The van der Waals surface area contributed by atoms with Crippen molar-refractivity contribution in [2.45, 2.75) is 38.1 Å². The Kier molecular flexibility index (Phi) is 6.11. The van der Waals surface area contributed by atoms with E-state index in [9.17, 15) is 13.2 Å². The Morgan fingerprint density at radius 3 is 2.33 bits per heavy atom. The predicted molar refractivity (Wildman–Crippen MR) is 82.4 cm³/mol. The van der Waals surface area contributed by atoms with Crippen LogP contribution in [0, 0.1) is 5.92 Å². The van der Waals surface area contributed by atoms with E-state index in [2.05, 4.69) is 4.72 Å². The molecule has 0 aliphatic heterocycles. The molecule has 1 aromatic rings. The van der Waals surface area contributed by atoms with Gasteiger partial charge in [-0.3, -0.25) is 0 Å². The highest BCUT2D eigenvalue weighted by Crippen LogP contribution is 2.15. The van der Waals surface area contributed by atoms with E-state index in [4.69, 9.17) is 5.11 Å². The van der Waals surface area contributed by atoms with Crippen molar-refractivity contribution in [3.05, 3.63) is 35.9 Å². The van der Waals surface area contributed by atoms with Crippen LogP contribution in [0.15, 0.2) is 35.2 Å². The van der Waals surface area contributed by atoms with Crippen LogP contribution in [0.25, 0.3) is 6.08 Å². The second-order valence-corrected chi connectivity index (χ2v) is 6.75. The minimum Gasteiger partial charge on any atom is -0.478 e. The van der Waals surface area contributed by atoms with E-state index in [0.29, 0.717) is 5.56 Å². The summed E-state index contributed by atoms with van der Waals surface area (Å²) >= 11 is 0. The number of aliphatic carboxylic acids is 1. The van der Waals surface area contributed by atoms with E-state index in [1.54, 1.807) is 12.1 Å². The van der Waals surface area contributed by atoms with Crippen LogP contribution in [0.4, 0.5) is 0 Å². The Bertz CT molecular complexity index is 605. The topological polar surface area (TPSA) is 83.5 Å². The summed E-state index contributed by atoms with van der Waals surface area (Å²) in [5, 5.41) is 8.54. The first-order chi connectivity index (χ1) is 9.76. The number of rotatable bonds is 7. The summed E-state index contributed by atoms with van der Waals surface area (Å²) in [5.74, 6) is -0.798. The van der Waals surface area contributed by atoms with E-state index < -0.39 is 16.0 Å². The molecule has 0 saturated carbocycles. The van der Waals surface area contributed by atoms with E-state index in [-0.39, 0.29) is 16.9 Å². The van der Waals surface area contributed by atoms with Gasteiger partial charge < -0.3 is 5.11 Å². The zero-order valence-corrected chi connectivity index (χ0v) is 13.2. The zero-order valence-electron chi connectivity index (χ0n) is 12.4. The first kappa shape index (κ1) is 17.4. The van der Waals surface area contributed by atoms with Gasteiger partial charge in [-0.25, -0.2) is 17.9 Å². The van der Waals surface area contributed by atoms with Gasteiger partial charge in [0.15, 0.2) is 0 Å². The van der Waals surface area contributed by atoms with Gasteiger partial charge in [-0.15, -0.1) is 0 Å². The van der Waals surface area contributed by atoms with Gasteiger partial charge in [0.2, 0.25) is 10.0 Å². The van der Waals surface area contributed by atoms with Crippen LogP contribution < -0.4 is 4.72 Å². The Morgan fingerprint density at radius 2 is 1.86 bits per heavy atom. The number of carboxylic acid groups (broad SMARTS) is 1. The quantitative estimate of drug-likeness (QED) is 0.758. The van der Waals surface area contributed by atoms with Gasteiger partial charge in [0.1, 0.15) is 0 Å². The van der Waals surface area contributed by atoms with Crippen molar-refractivity contribution in [3.63, 3.8) is 0 Å². The SMILES string of the molecule is CCC(C)C(C)NS(=O)(=O)c1ccc(C=CC(=O)O)cc1. The lowest BCUT2D eigenvalue weighted by atomic mass is 10.0. The summed E-state index contributed by atoms with van der Waals surface area (Å²) in [5.41, 5.74) is 0.631. The van der Waals surface area contributed by atoms with Crippen molar-refractivity contribution in [1.82, 2.24) is 4.72 Å². The molecule has 0 bridgehead atoms. The molecule has 0 radical (unpaired) electrons. The van der Waals surface area contributed by atoms with E-state index in [0.717, 1.165) is 12.5 Å². The van der Waals surface area contributed by atoms with Crippen LogP contribution in [0.5, 0.6) is 0 Å². The van der Waals surface area contributed by atoms with Gasteiger partial charge in [-0.1, -0.05) is 32.4 Å². The third kappa shape index (κ3) is 5.32. The van der Waals surface area contributed by atoms with Gasteiger partial charge in [-0.05, 0) is 36.6 Å². The maximum atomic E-state index is 12.2. The number of hydrogen-bond acceptors (Lipinski definition) is 3. The maximum absolute atomic E-state index is 12.2. The molecule has 0 saturated heterocycles. The monoisotopic (exact) mass is 311 g/mol. The number of nitrogens with one attached hydrogen (secondary N) is 1. The lowest BCUT2D eigenvalue weighted by molar-refractivity contribution is -0.131. The average molecular weight is 311 g/mol. The molecule has 0 fully saturated rings. The highest BCUT2D eigenvalue weighted by atomic mass is 32.2. The summed E-state index contributed by atoms with van der Waals surface area (Å²) in [6.45, 7) is 5.85. The molecule has 0 aliphatic carbocycles. The van der Waals surface area contributed by atoms with Crippen molar-refractivity contribution < 1.29 is 18.3 Å². The summed E-state index contributed by atoms with van der Waals surface area (Å²) in [6, 6.07) is 5.93. The molecular weight excluding hydrogens is 290 g/mol. The molecule has 0 amide bonds. The van der Waals surface area contributed by atoms with E-state index >= 15 is 0 Å².